The quantitative estimate of drug-likeness (QED) is 0.792. The molecule has 2 heterocycles. The Morgan fingerprint density at radius 2 is 2.53 bits per heavy atom. The van der Waals surface area contributed by atoms with E-state index in [0.29, 0.717) is 30.4 Å². The lowest BCUT2D eigenvalue weighted by Gasteiger charge is -2.30. The molecule has 0 aliphatic carbocycles. The van der Waals surface area contributed by atoms with Crippen LogP contribution in [-0.4, -0.2) is 41.6 Å². The highest BCUT2D eigenvalue weighted by atomic mass is 35.5. The highest BCUT2D eigenvalue weighted by Crippen LogP contribution is 2.13. The summed E-state index contributed by atoms with van der Waals surface area (Å²) in [6.07, 6.45) is 1.71. The topological polar surface area (TPSA) is 45.3 Å². The van der Waals surface area contributed by atoms with Gasteiger partial charge in [-0.3, -0.25) is 4.79 Å². The van der Waals surface area contributed by atoms with Crippen molar-refractivity contribution in [3.05, 3.63) is 23.0 Å². The van der Waals surface area contributed by atoms with E-state index in [1.807, 2.05) is 6.92 Å². The van der Waals surface area contributed by atoms with E-state index in [1.54, 1.807) is 17.2 Å². The van der Waals surface area contributed by atoms with Gasteiger partial charge >= 0.3 is 0 Å². The van der Waals surface area contributed by atoms with Gasteiger partial charge in [-0.05, 0) is 13.0 Å². The predicted molar refractivity (Wildman–Crippen MR) is 57.1 cm³/mol. The van der Waals surface area contributed by atoms with Gasteiger partial charge in [0.2, 0.25) is 0 Å². The van der Waals surface area contributed by atoms with Crippen LogP contribution in [0.3, 0.4) is 0 Å². The second kappa shape index (κ2) is 4.24. The van der Waals surface area contributed by atoms with Gasteiger partial charge in [-0.1, -0.05) is 11.6 Å². The maximum atomic E-state index is 11.9. The van der Waals surface area contributed by atoms with Crippen LogP contribution >= 0.6 is 11.6 Å². The summed E-state index contributed by atoms with van der Waals surface area (Å²) in [6, 6.07) is 1.64. The molecule has 1 N–H and O–H groups in total. The molecule has 0 unspecified atom stereocenters. The number of nitrogens with zero attached hydrogens (tertiary/aromatic N) is 1. The minimum absolute atomic E-state index is 0.0166. The van der Waals surface area contributed by atoms with Crippen molar-refractivity contribution < 1.29 is 9.53 Å². The largest absolute Gasteiger partial charge is 0.375 e. The Hall–Kier alpha value is -1.00. The summed E-state index contributed by atoms with van der Waals surface area (Å²) < 4.78 is 5.37. The van der Waals surface area contributed by atoms with Crippen LogP contribution in [0.15, 0.2) is 12.3 Å². The lowest BCUT2D eigenvalue weighted by atomic mass is 10.2. The number of ether oxygens (including phenoxy) is 1. The average Bonchev–Trinajstić information content (AvgIpc) is 2.64. The van der Waals surface area contributed by atoms with Gasteiger partial charge in [0.05, 0.1) is 17.7 Å². The molecule has 1 saturated heterocycles. The number of morpholine rings is 1. The van der Waals surface area contributed by atoms with Crippen molar-refractivity contribution in [2.75, 3.05) is 19.7 Å². The third-order valence-electron chi connectivity index (χ3n) is 2.41. The fraction of sp³-hybridized carbons (Fsp3) is 0.500. The van der Waals surface area contributed by atoms with Gasteiger partial charge in [0.25, 0.3) is 5.91 Å². The maximum absolute atomic E-state index is 11.9. The summed E-state index contributed by atoms with van der Waals surface area (Å²) in [6.45, 7) is 3.83. The van der Waals surface area contributed by atoms with E-state index in [4.69, 9.17) is 16.3 Å². The summed E-state index contributed by atoms with van der Waals surface area (Å²) in [7, 11) is 0. The van der Waals surface area contributed by atoms with Crippen molar-refractivity contribution in [1.82, 2.24) is 9.88 Å². The molecule has 0 spiro atoms. The van der Waals surface area contributed by atoms with Crippen molar-refractivity contribution in [3.8, 4) is 0 Å². The predicted octanol–water partition coefficient (Wildman–Crippen LogP) is 1.53. The number of hydrogen-bond donors (Lipinski definition) is 1. The minimum Gasteiger partial charge on any atom is -0.375 e. The molecule has 0 bridgehead atoms. The molecule has 1 aliphatic rings. The molecule has 0 aromatic carbocycles. The van der Waals surface area contributed by atoms with Gasteiger partial charge in [-0.2, -0.15) is 0 Å². The number of halogens is 1. The third kappa shape index (κ3) is 2.33. The number of carbonyl (C=O) groups excluding carboxylic acids is 1. The number of amides is 1. The SMILES string of the molecule is C[C@@H]1CN(C(=O)c2cc(Cl)c[nH]2)CCO1. The van der Waals surface area contributed by atoms with Gasteiger partial charge in [0, 0.05) is 19.3 Å². The van der Waals surface area contributed by atoms with E-state index in [2.05, 4.69) is 4.98 Å². The van der Waals surface area contributed by atoms with Crippen molar-refractivity contribution in [2.24, 2.45) is 0 Å². The Bertz CT molecular complexity index is 364. The summed E-state index contributed by atoms with van der Waals surface area (Å²) in [5, 5.41) is 0.555. The van der Waals surface area contributed by atoms with Crippen LogP contribution in [0.25, 0.3) is 0 Å². The van der Waals surface area contributed by atoms with Crippen LogP contribution < -0.4 is 0 Å². The summed E-state index contributed by atoms with van der Waals surface area (Å²) in [5.74, 6) is -0.0166. The molecule has 2 rings (SSSR count). The molecule has 0 radical (unpaired) electrons. The molecule has 1 aliphatic heterocycles. The summed E-state index contributed by atoms with van der Waals surface area (Å²) >= 11 is 5.75. The fourth-order valence-corrected chi connectivity index (χ4v) is 1.83. The zero-order valence-corrected chi connectivity index (χ0v) is 9.25. The first kappa shape index (κ1) is 10.5. The first-order valence-electron chi connectivity index (χ1n) is 4.91. The van der Waals surface area contributed by atoms with Crippen LogP contribution in [0, 0.1) is 0 Å². The van der Waals surface area contributed by atoms with E-state index in [1.165, 1.54) is 0 Å². The third-order valence-corrected chi connectivity index (χ3v) is 2.62. The monoisotopic (exact) mass is 228 g/mol. The average molecular weight is 229 g/mol. The second-order valence-electron chi connectivity index (χ2n) is 3.66. The minimum atomic E-state index is -0.0166. The first-order valence-corrected chi connectivity index (χ1v) is 5.29. The van der Waals surface area contributed by atoms with Crippen LogP contribution in [-0.2, 0) is 4.74 Å². The van der Waals surface area contributed by atoms with Crippen LogP contribution in [0.5, 0.6) is 0 Å². The van der Waals surface area contributed by atoms with Crippen molar-refractivity contribution in [2.45, 2.75) is 13.0 Å². The Balaban J connectivity index is 2.07. The van der Waals surface area contributed by atoms with Crippen molar-refractivity contribution in [3.63, 3.8) is 0 Å². The highest BCUT2D eigenvalue weighted by Gasteiger charge is 2.23. The van der Waals surface area contributed by atoms with Crippen LogP contribution in [0.4, 0.5) is 0 Å². The fourth-order valence-electron chi connectivity index (χ4n) is 1.66. The lowest BCUT2D eigenvalue weighted by Crippen LogP contribution is -2.44. The van der Waals surface area contributed by atoms with Gasteiger partial charge in [-0.25, -0.2) is 0 Å². The van der Waals surface area contributed by atoms with E-state index in [-0.39, 0.29) is 12.0 Å². The number of rotatable bonds is 1. The molecular formula is C10H13ClN2O2. The molecule has 5 heteroatoms. The van der Waals surface area contributed by atoms with Crippen molar-refractivity contribution in [1.29, 1.82) is 0 Å². The molecule has 0 saturated carbocycles. The number of aromatic amines is 1. The Labute approximate surface area is 93.2 Å². The second-order valence-corrected chi connectivity index (χ2v) is 4.10. The van der Waals surface area contributed by atoms with E-state index >= 15 is 0 Å². The molecule has 82 valence electrons. The van der Waals surface area contributed by atoms with Crippen molar-refractivity contribution >= 4 is 17.5 Å². The van der Waals surface area contributed by atoms with Gasteiger partial charge < -0.3 is 14.6 Å². The van der Waals surface area contributed by atoms with Crippen LogP contribution in [0.2, 0.25) is 5.02 Å². The Morgan fingerprint density at radius 1 is 1.73 bits per heavy atom. The highest BCUT2D eigenvalue weighted by molar-refractivity contribution is 6.30. The number of aromatic nitrogens is 1. The molecule has 1 atom stereocenters. The summed E-state index contributed by atoms with van der Waals surface area (Å²) in [5.41, 5.74) is 0.536. The molecule has 1 aromatic rings. The van der Waals surface area contributed by atoms with E-state index in [9.17, 15) is 4.79 Å². The normalized spacial score (nSPS) is 21.7. The summed E-state index contributed by atoms with van der Waals surface area (Å²) in [4.78, 5) is 16.6. The molecule has 1 amide bonds. The van der Waals surface area contributed by atoms with E-state index < -0.39 is 0 Å². The van der Waals surface area contributed by atoms with Gasteiger partial charge in [-0.15, -0.1) is 0 Å². The number of hydrogen-bond acceptors (Lipinski definition) is 2. The lowest BCUT2D eigenvalue weighted by molar-refractivity contribution is -0.0126. The molecule has 1 aromatic heterocycles. The van der Waals surface area contributed by atoms with Gasteiger partial charge in [0.1, 0.15) is 5.69 Å². The molecule has 4 nitrogen and oxygen atoms in total. The number of nitrogens with one attached hydrogen (secondary N) is 1. The number of carbonyl (C=O) groups is 1. The van der Waals surface area contributed by atoms with E-state index in [0.717, 1.165) is 0 Å². The number of H-pyrrole nitrogens is 1. The van der Waals surface area contributed by atoms with Gasteiger partial charge in [0.15, 0.2) is 0 Å². The Morgan fingerprint density at radius 3 is 3.13 bits per heavy atom. The maximum Gasteiger partial charge on any atom is 0.270 e. The zero-order chi connectivity index (χ0) is 10.8. The van der Waals surface area contributed by atoms with Crippen LogP contribution in [0.1, 0.15) is 17.4 Å². The molecule has 1 fully saturated rings. The smallest absolute Gasteiger partial charge is 0.270 e. The molecule has 15 heavy (non-hydrogen) atoms. The Kier molecular flexibility index (Phi) is 2.98. The standard InChI is InChI=1S/C10H13ClN2O2/c1-7-6-13(2-3-15-7)10(14)9-4-8(11)5-12-9/h4-5,7,12H,2-3,6H2,1H3/t7-/m1/s1. The molecular weight excluding hydrogens is 216 g/mol. The first-order chi connectivity index (χ1) is 7.16. The zero-order valence-electron chi connectivity index (χ0n) is 8.50.